The summed E-state index contributed by atoms with van der Waals surface area (Å²) < 4.78 is 8.60. The fourth-order valence-electron chi connectivity index (χ4n) is 2.11. The van der Waals surface area contributed by atoms with Crippen molar-refractivity contribution in [1.82, 2.24) is 9.88 Å². The Morgan fingerprint density at radius 3 is 2.84 bits per heavy atom. The molecule has 1 N–H and O–H groups in total. The Morgan fingerprint density at radius 1 is 1.58 bits per heavy atom. The quantitative estimate of drug-likeness (QED) is 0.871. The van der Waals surface area contributed by atoms with Gasteiger partial charge in [0.1, 0.15) is 5.69 Å². The van der Waals surface area contributed by atoms with Gasteiger partial charge in [-0.15, -0.1) is 0 Å². The molecule has 19 heavy (non-hydrogen) atoms. The third kappa shape index (κ3) is 3.83. The van der Waals surface area contributed by atoms with E-state index in [4.69, 9.17) is 4.74 Å². The van der Waals surface area contributed by atoms with Crippen molar-refractivity contribution >= 4 is 21.8 Å². The molecule has 106 valence electrons. The minimum absolute atomic E-state index is 0.0367. The highest BCUT2D eigenvalue weighted by atomic mass is 79.9. The van der Waals surface area contributed by atoms with Crippen molar-refractivity contribution in [2.45, 2.75) is 45.3 Å². The van der Waals surface area contributed by atoms with Crippen LogP contribution in [0.15, 0.2) is 16.7 Å². The van der Waals surface area contributed by atoms with E-state index < -0.39 is 0 Å². The molecule has 0 bridgehead atoms. The van der Waals surface area contributed by atoms with Crippen LogP contribution in [0.2, 0.25) is 0 Å². The van der Waals surface area contributed by atoms with Crippen molar-refractivity contribution in [2.24, 2.45) is 0 Å². The molecule has 1 amide bonds. The number of hydrogen-bond donors (Lipinski definition) is 1. The van der Waals surface area contributed by atoms with E-state index >= 15 is 0 Å². The van der Waals surface area contributed by atoms with Crippen molar-refractivity contribution in [3.8, 4) is 0 Å². The van der Waals surface area contributed by atoms with Crippen LogP contribution in [0.4, 0.5) is 0 Å². The van der Waals surface area contributed by atoms with Crippen molar-refractivity contribution in [2.75, 3.05) is 13.2 Å². The lowest BCUT2D eigenvalue weighted by atomic mass is 10.1. The van der Waals surface area contributed by atoms with E-state index in [1.807, 2.05) is 33.0 Å². The third-order valence-corrected chi connectivity index (χ3v) is 3.63. The first kappa shape index (κ1) is 14.6. The van der Waals surface area contributed by atoms with Crippen LogP contribution in [0.1, 0.15) is 50.1 Å². The molecule has 0 aromatic carbocycles. The molecular formula is C14H21BrN2O2. The summed E-state index contributed by atoms with van der Waals surface area (Å²) in [6.07, 6.45) is 4.30. The van der Waals surface area contributed by atoms with Crippen LogP contribution in [0.25, 0.3) is 0 Å². The Balaban J connectivity index is 2.00. The maximum absolute atomic E-state index is 12.3. The second-order valence-corrected chi connectivity index (χ2v) is 6.47. The minimum Gasteiger partial charge on any atom is -0.374 e. The molecule has 1 aliphatic rings. The lowest BCUT2D eigenvalue weighted by Crippen LogP contribution is -2.41. The first-order valence-electron chi connectivity index (χ1n) is 6.72. The molecular weight excluding hydrogens is 308 g/mol. The van der Waals surface area contributed by atoms with Gasteiger partial charge in [0.05, 0.1) is 5.60 Å². The van der Waals surface area contributed by atoms with Crippen molar-refractivity contribution in [3.63, 3.8) is 0 Å². The van der Waals surface area contributed by atoms with Gasteiger partial charge in [0.2, 0.25) is 0 Å². The first-order valence-corrected chi connectivity index (χ1v) is 7.52. The fraction of sp³-hybridized carbons (Fsp3) is 0.643. The summed E-state index contributed by atoms with van der Waals surface area (Å²) >= 11 is 3.44. The molecule has 0 radical (unpaired) electrons. The predicted molar refractivity (Wildman–Crippen MR) is 78.4 cm³/mol. The molecule has 2 rings (SSSR count). The summed E-state index contributed by atoms with van der Waals surface area (Å²) in [4.78, 5) is 12.3. The second-order valence-electron chi connectivity index (χ2n) is 5.56. The molecule has 1 aromatic rings. The van der Waals surface area contributed by atoms with Gasteiger partial charge < -0.3 is 14.6 Å². The topological polar surface area (TPSA) is 43.3 Å². The number of rotatable bonds is 6. The molecule has 1 aliphatic carbocycles. The zero-order chi connectivity index (χ0) is 14.0. The summed E-state index contributed by atoms with van der Waals surface area (Å²) in [6, 6.07) is 2.37. The van der Waals surface area contributed by atoms with Gasteiger partial charge in [0, 0.05) is 29.9 Å². The highest BCUT2D eigenvalue weighted by Crippen LogP contribution is 2.37. The number of amides is 1. The molecule has 5 heteroatoms. The lowest BCUT2D eigenvalue weighted by Gasteiger charge is -2.25. The van der Waals surface area contributed by atoms with E-state index in [0.717, 1.165) is 23.0 Å². The average molecular weight is 329 g/mol. The molecule has 4 nitrogen and oxygen atoms in total. The van der Waals surface area contributed by atoms with Gasteiger partial charge in [0.15, 0.2) is 0 Å². The Labute approximate surface area is 122 Å². The van der Waals surface area contributed by atoms with Gasteiger partial charge in [-0.1, -0.05) is 0 Å². The summed E-state index contributed by atoms with van der Waals surface area (Å²) in [5, 5.41) is 2.95. The molecule has 0 saturated heterocycles. The van der Waals surface area contributed by atoms with E-state index in [1.54, 1.807) is 0 Å². The number of ether oxygens (including phenoxy) is 1. The number of aromatic nitrogens is 1. The van der Waals surface area contributed by atoms with Crippen molar-refractivity contribution < 1.29 is 9.53 Å². The van der Waals surface area contributed by atoms with Crippen LogP contribution >= 0.6 is 15.9 Å². The van der Waals surface area contributed by atoms with Crippen LogP contribution in [0.3, 0.4) is 0 Å². The molecule has 0 unspecified atom stereocenters. The number of halogens is 1. The van der Waals surface area contributed by atoms with Crippen molar-refractivity contribution in [3.05, 3.63) is 22.4 Å². The number of nitrogens with zero attached hydrogens (tertiary/aromatic N) is 1. The van der Waals surface area contributed by atoms with Gasteiger partial charge in [-0.05, 0) is 55.6 Å². The number of carbonyl (C=O) groups is 1. The number of nitrogens with one attached hydrogen (secondary N) is 1. The van der Waals surface area contributed by atoms with Crippen LogP contribution < -0.4 is 5.32 Å². The summed E-state index contributed by atoms with van der Waals surface area (Å²) in [5.41, 5.74) is 0.389. The van der Waals surface area contributed by atoms with Crippen LogP contribution in [0, 0.1) is 0 Å². The predicted octanol–water partition coefficient (Wildman–Crippen LogP) is 3.13. The second kappa shape index (κ2) is 5.67. The van der Waals surface area contributed by atoms with Gasteiger partial charge in [-0.3, -0.25) is 4.79 Å². The third-order valence-electron chi connectivity index (χ3n) is 3.20. The Bertz CT molecular complexity index is 464. The van der Waals surface area contributed by atoms with Gasteiger partial charge in [-0.2, -0.15) is 0 Å². The maximum atomic E-state index is 12.3. The first-order chi connectivity index (χ1) is 8.93. The molecule has 0 atom stereocenters. The lowest BCUT2D eigenvalue weighted by molar-refractivity contribution is -0.00821. The molecule has 0 aliphatic heterocycles. The highest BCUT2D eigenvalue weighted by molar-refractivity contribution is 9.10. The van der Waals surface area contributed by atoms with Crippen LogP contribution in [-0.2, 0) is 4.74 Å². The normalized spacial score (nSPS) is 15.6. The van der Waals surface area contributed by atoms with Crippen LogP contribution in [-0.4, -0.2) is 29.2 Å². The monoisotopic (exact) mass is 328 g/mol. The van der Waals surface area contributed by atoms with Crippen molar-refractivity contribution in [1.29, 1.82) is 0 Å². The zero-order valence-electron chi connectivity index (χ0n) is 11.7. The Kier molecular flexibility index (Phi) is 4.36. The minimum atomic E-state index is -0.335. The SMILES string of the molecule is CCOC(C)(C)CNC(=O)c1cc(Br)cn1C1CC1. The van der Waals surface area contributed by atoms with Gasteiger partial charge in [-0.25, -0.2) is 0 Å². The molecule has 1 heterocycles. The molecule has 1 fully saturated rings. The van der Waals surface area contributed by atoms with E-state index in [1.165, 1.54) is 0 Å². The van der Waals surface area contributed by atoms with E-state index in [2.05, 4.69) is 25.8 Å². The molecule has 1 saturated carbocycles. The van der Waals surface area contributed by atoms with E-state index in [-0.39, 0.29) is 11.5 Å². The summed E-state index contributed by atoms with van der Waals surface area (Å²) in [5.74, 6) is -0.0367. The number of carbonyl (C=O) groups excluding carboxylic acids is 1. The number of hydrogen-bond acceptors (Lipinski definition) is 2. The summed E-state index contributed by atoms with van der Waals surface area (Å²) in [7, 11) is 0. The highest BCUT2D eigenvalue weighted by Gasteiger charge is 2.28. The standard InChI is InChI=1S/C14H21BrN2O2/c1-4-19-14(2,3)9-16-13(18)12-7-10(15)8-17(12)11-5-6-11/h7-8,11H,4-6,9H2,1-3H3,(H,16,18). The Morgan fingerprint density at radius 2 is 2.26 bits per heavy atom. The largest absolute Gasteiger partial charge is 0.374 e. The fourth-order valence-corrected chi connectivity index (χ4v) is 2.55. The zero-order valence-corrected chi connectivity index (χ0v) is 13.3. The van der Waals surface area contributed by atoms with Gasteiger partial charge in [0.25, 0.3) is 5.91 Å². The molecule has 1 aromatic heterocycles. The average Bonchev–Trinajstić information content (AvgIpc) is 3.09. The Hall–Kier alpha value is -0.810. The molecule has 0 spiro atoms. The van der Waals surface area contributed by atoms with E-state index in [9.17, 15) is 4.79 Å². The van der Waals surface area contributed by atoms with E-state index in [0.29, 0.717) is 19.2 Å². The van der Waals surface area contributed by atoms with Crippen LogP contribution in [0.5, 0.6) is 0 Å². The summed E-state index contributed by atoms with van der Waals surface area (Å²) in [6.45, 7) is 7.07. The van der Waals surface area contributed by atoms with Gasteiger partial charge >= 0.3 is 0 Å². The maximum Gasteiger partial charge on any atom is 0.268 e. The smallest absolute Gasteiger partial charge is 0.268 e.